The van der Waals surface area contributed by atoms with Crippen molar-refractivity contribution in [2.24, 2.45) is 16.8 Å². The van der Waals surface area contributed by atoms with Crippen molar-refractivity contribution < 1.29 is 5.11 Å². The number of para-hydroxylation sites is 1. The van der Waals surface area contributed by atoms with E-state index in [9.17, 15) is 5.11 Å². The summed E-state index contributed by atoms with van der Waals surface area (Å²) in [7, 11) is 0. The van der Waals surface area contributed by atoms with Gasteiger partial charge < -0.3 is 10.8 Å². The highest BCUT2D eigenvalue weighted by Crippen LogP contribution is 2.31. The van der Waals surface area contributed by atoms with Gasteiger partial charge in [-0.05, 0) is 12.1 Å². The van der Waals surface area contributed by atoms with Crippen LogP contribution in [0.1, 0.15) is 12.5 Å². The Hall–Kier alpha value is -1.75. The summed E-state index contributed by atoms with van der Waals surface area (Å²) in [6.45, 7) is 3.00. The minimum Gasteiger partial charge on any atom is -0.506 e. The lowest BCUT2D eigenvalue weighted by molar-refractivity contribution is 0.341. The molecule has 0 spiro atoms. The van der Waals surface area contributed by atoms with Crippen LogP contribution in [-0.4, -0.2) is 34.8 Å². The number of aromatic hydroxyl groups is 1. The van der Waals surface area contributed by atoms with E-state index in [1.807, 2.05) is 6.92 Å². The number of nitrogens with one attached hydrogen (secondary N) is 1. The van der Waals surface area contributed by atoms with Gasteiger partial charge in [-0.1, -0.05) is 24.6 Å². The number of rotatable bonds is 3. The smallest absolute Gasteiger partial charge is 0.143 e. The first-order chi connectivity index (χ1) is 8.49. The van der Waals surface area contributed by atoms with Gasteiger partial charge in [0.2, 0.25) is 0 Å². The highest BCUT2D eigenvalue weighted by atomic mass is 35.5. The topological polar surface area (TPSA) is 85.7 Å². The van der Waals surface area contributed by atoms with E-state index in [0.717, 1.165) is 5.71 Å². The van der Waals surface area contributed by atoms with Gasteiger partial charge in [0.05, 0.1) is 17.3 Å². The van der Waals surface area contributed by atoms with Crippen LogP contribution in [0.5, 0.6) is 5.75 Å². The fraction of sp³-hybridized carbons (Fsp3) is 0.333. The van der Waals surface area contributed by atoms with E-state index in [2.05, 4.69) is 5.10 Å². The van der Waals surface area contributed by atoms with Crippen LogP contribution < -0.4 is 5.73 Å². The van der Waals surface area contributed by atoms with Crippen LogP contribution in [0, 0.1) is 11.3 Å². The number of hydrogen-bond acceptors (Lipinski definition) is 4. The van der Waals surface area contributed by atoms with E-state index in [1.54, 1.807) is 23.2 Å². The number of hydrazone groups is 1. The Kier molecular flexibility index (Phi) is 3.43. The van der Waals surface area contributed by atoms with Gasteiger partial charge in [-0.2, -0.15) is 5.10 Å². The molecule has 0 aliphatic carbocycles. The van der Waals surface area contributed by atoms with Crippen molar-refractivity contribution in [2.45, 2.75) is 6.92 Å². The summed E-state index contributed by atoms with van der Waals surface area (Å²) in [5.41, 5.74) is 6.77. The van der Waals surface area contributed by atoms with Crippen molar-refractivity contribution in [2.75, 3.05) is 13.1 Å². The number of nitrogens with zero attached hydrogens (tertiary/aromatic N) is 2. The molecule has 1 heterocycles. The summed E-state index contributed by atoms with van der Waals surface area (Å²) in [6, 6.07) is 5.20. The molecule has 6 heteroatoms. The van der Waals surface area contributed by atoms with Gasteiger partial charge in [0.1, 0.15) is 11.6 Å². The van der Waals surface area contributed by atoms with Gasteiger partial charge in [-0.25, -0.2) is 0 Å². The molecule has 1 aliphatic rings. The number of phenolic OH excluding ortho intramolecular Hbond substituents is 1. The van der Waals surface area contributed by atoms with E-state index in [4.69, 9.17) is 22.7 Å². The molecule has 2 rings (SSSR count). The monoisotopic (exact) mass is 266 g/mol. The van der Waals surface area contributed by atoms with Crippen molar-refractivity contribution in [3.8, 4) is 5.75 Å². The van der Waals surface area contributed by atoms with E-state index >= 15 is 0 Å². The van der Waals surface area contributed by atoms with E-state index < -0.39 is 0 Å². The predicted molar refractivity (Wildman–Crippen MR) is 72.3 cm³/mol. The van der Waals surface area contributed by atoms with Crippen molar-refractivity contribution in [3.63, 3.8) is 0 Å². The molecule has 1 atom stereocenters. The van der Waals surface area contributed by atoms with E-state index in [-0.39, 0.29) is 17.5 Å². The maximum atomic E-state index is 9.95. The molecule has 0 amide bonds. The Bertz CT molecular complexity index is 515. The molecule has 1 unspecified atom stereocenters. The van der Waals surface area contributed by atoms with Crippen LogP contribution in [0.4, 0.5) is 0 Å². The molecular weight excluding hydrogens is 252 g/mol. The predicted octanol–water partition coefficient (Wildman–Crippen LogP) is 1.64. The third kappa shape index (κ3) is 2.41. The fourth-order valence-electron chi connectivity index (χ4n) is 2.03. The van der Waals surface area contributed by atoms with Crippen LogP contribution in [0.25, 0.3) is 0 Å². The second-order valence-electron chi connectivity index (χ2n) is 4.39. The number of phenols is 1. The van der Waals surface area contributed by atoms with Crippen molar-refractivity contribution >= 4 is 23.1 Å². The molecule has 0 saturated carbocycles. The van der Waals surface area contributed by atoms with Crippen LogP contribution in [0.3, 0.4) is 0 Å². The van der Waals surface area contributed by atoms with Crippen molar-refractivity contribution in [1.82, 2.24) is 5.01 Å². The SMILES string of the molecule is CC1CN(CC(=N)N)N=C1c1cccc(Cl)c1O. The summed E-state index contributed by atoms with van der Waals surface area (Å²) >= 11 is 5.89. The summed E-state index contributed by atoms with van der Waals surface area (Å²) < 4.78 is 0. The van der Waals surface area contributed by atoms with Gasteiger partial charge >= 0.3 is 0 Å². The van der Waals surface area contributed by atoms with E-state index in [0.29, 0.717) is 23.7 Å². The Morgan fingerprint density at radius 3 is 3.06 bits per heavy atom. The summed E-state index contributed by atoms with van der Waals surface area (Å²) in [6.07, 6.45) is 0. The number of amidine groups is 1. The zero-order valence-electron chi connectivity index (χ0n) is 10.0. The normalized spacial score (nSPS) is 18.9. The maximum absolute atomic E-state index is 9.95. The van der Waals surface area contributed by atoms with Crippen molar-refractivity contribution in [3.05, 3.63) is 28.8 Å². The fourth-order valence-corrected chi connectivity index (χ4v) is 2.21. The molecule has 0 aromatic heterocycles. The largest absolute Gasteiger partial charge is 0.506 e. The van der Waals surface area contributed by atoms with Crippen LogP contribution >= 0.6 is 11.6 Å². The lowest BCUT2D eigenvalue weighted by atomic mass is 9.98. The second kappa shape index (κ2) is 4.86. The van der Waals surface area contributed by atoms with Crippen LogP contribution in [0.2, 0.25) is 5.02 Å². The average Bonchev–Trinajstić information content (AvgIpc) is 2.62. The van der Waals surface area contributed by atoms with Crippen molar-refractivity contribution in [1.29, 1.82) is 5.41 Å². The molecule has 0 fully saturated rings. The summed E-state index contributed by atoms with van der Waals surface area (Å²) in [5, 5.41) is 23.6. The molecule has 96 valence electrons. The first-order valence-corrected chi connectivity index (χ1v) is 6.01. The summed E-state index contributed by atoms with van der Waals surface area (Å²) in [4.78, 5) is 0. The zero-order valence-corrected chi connectivity index (χ0v) is 10.8. The van der Waals surface area contributed by atoms with Gasteiger partial charge in [-0.15, -0.1) is 0 Å². The minimum absolute atomic E-state index is 0.0504. The first-order valence-electron chi connectivity index (χ1n) is 5.63. The number of benzene rings is 1. The lowest BCUT2D eigenvalue weighted by Crippen LogP contribution is -2.29. The first kappa shape index (κ1) is 12.7. The highest BCUT2D eigenvalue weighted by molar-refractivity contribution is 6.32. The molecule has 1 aromatic carbocycles. The Morgan fingerprint density at radius 1 is 1.67 bits per heavy atom. The molecule has 5 nitrogen and oxygen atoms in total. The molecule has 0 radical (unpaired) electrons. The quantitative estimate of drug-likeness (QED) is 0.574. The Balaban J connectivity index is 2.32. The number of hydrogen-bond donors (Lipinski definition) is 3. The van der Waals surface area contributed by atoms with Gasteiger partial charge in [0.15, 0.2) is 0 Å². The highest BCUT2D eigenvalue weighted by Gasteiger charge is 2.26. The van der Waals surface area contributed by atoms with Gasteiger partial charge in [0.25, 0.3) is 0 Å². The average molecular weight is 267 g/mol. The molecule has 0 bridgehead atoms. The Morgan fingerprint density at radius 2 is 2.39 bits per heavy atom. The standard InChI is InChI=1S/C12H15ClN4O/c1-7-5-17(6-10(14)15)16-11(7)8-3-2-4-9(13)12(8)18/h2-4,7,18H,5-6H2,1H3,(H3,14,15). The van der Waals surface area contributed by atoms with Crippen LogP contribution in [0.15, 0.2) is 23.3 Å². The lowest BCUT2D eigenvalue weighted by Gasteiger charge is -2.12. The third-order valence-corrected chi connectivity index (χ3v) is 3.12. The second-order valence-corrected chi connectivity index (χ2v) is 4.80. The molecule has 1 aliphatic heterocycles. The summed E-state index contributed by atoms with van der Waals surface area (Å²) in [5.74, 6) is 0.283. The molecule has 0 saturated heterocycles. The van der Waals surface area contributed by atoms with Crippen LogP contribution in [-0.2, 0) is 0 Å². The molecular formula is C12H15ClN4O. The van der Waals surface area contributed by atoms with E-state index in [1.165, 1.54) is 0 Å². The third-order valence-electron chi connectivity index (χ3n) is 2.82. The number of halogens is 1. The molecule has 1 aromatic rings. The molecule has 4 N–H and O–H groups in total. The zero-order chi connectivity index (χ0) is 13.3. The van der Waals surface area contributed by atoms with Gasteiger partial charge in [-0.3, -0.25) is 10.4 Å². The Labute approximate surface area is 110 Å². The maximum Gasteiger partial charge on any atom is 0.143 e. The number of nitrogens with two attached hydrogens (primary N) is 1. The molecule has 18 heavy (non-hydrogen) atoms. The minimum atomic E-state index is 0.0504. The van der Waals surface area contributed by atoms with Gasteiger partial charge in [0, 0.05) is 18.0 Å².